The van der Waals surface area contributed by atoms with Gasteiger partial charge in [-0.3, -0.25) is 4.79 Å². The van der Waals surface area contributed by atoms with Crippen LogP contribution in [-0.2, 0) is 4.79 Å². The summed E-state index contributed by atoms with van der Waals surface area (Å²) in [4.78, 5) is 11.8. The van der Waals surface area contributed by atoms with Crippen molar-refractivity contribution in [2.75, 3.05) is 0 Å². The number of rotatable bonds is 2. The van der Waals surface area contributed by atoms with Gasteiger partial charge in [-0.2, -0.15) is 0 Å². The first-order chi connectivity index (χ1) is 6.36. The molecule has 2 atom stereocenters. The normalized spacial score (nSPS) is 29.3. The zero-order chi connectivity index (χ0) is 10.9. The third kappa shape index (κ3) is 2.17. The van der Waals surface area contributed by atoms with Gasteiger partial charge in [-0.15, -0.1) is 0 Å². The minimum atomic E-state index is -0.474. The Hall–Kier alpha value is -0.370. The zero-order valence-electron chi connectivity index (χ0n) is 9.71. The summed E-state index contributed by atoms with van der Waals surface area (Å²) < 4.78 is 0. The smallest absolute Gasteiger partial charge is 0.139 e. The highest BCUT2D eigenvalue weighted by Crippen LogP contribution is 2.41. The van der Waals surface area contributed by atoms with Crippen LogP contribution >= 0.6 is 0 Å². The summed E-state index contributed by atoms with van der Waals surface area (Å²) in [5, 5.41) is 10.0. The molecule has 2 nitrogen and oxygen atoms in total. The van der Waals surface area contributed by atoms with Gasteiger partial charge >= 0.3 is 0 Å². The molecule has 82 valence electrons. The molecular formula is C12H22O2. The first-order valence-electron chi connectivity index (χ1n) is 5.57. The standard InChI is InChI=1S/C12H22O2/c1-8(2)11(14)10-9(13)6-5-7-12(10,3)4/h8,10-11,14H,5-7H2,1-4H3/t10-,11-/m1/s1. The second kappa shape index (κ2) is 4.01. The first-order valence-corrected chi connectivity index (χ1v) is 5.57. The van der Waals surface area contributed by atoms with E-state index in [4.69, 9.17) is 0 Å². The highest BCUT2D eigenvalue weighted by molar-refractivity contribution is 5.83. The molecule has 2 heteroatoms. The summed E-state index contributed by atoms with van der Waals surface area (Å²) in [6.07, 6.45) is 2.20. The van der Waals surface area contributed by atoms with Gasteiger partial charge in [0.15, 0.2) is 0 Å². The quantitative estimate of drug-likeness (QED) is 0.739. The number of aliphatic hydroxyl groups excluding tert-OH is 1. The van der Waals surface area contributed by atoms with E-state index < -0.39 is 6.10 Å². The van der Waals surface area contributed by atoms with E-state index in [-0.39, 0.29) is 23.0 Å². The summed E-state index contributed by atoms with van der Waals surface area (Å²) in [6, 6.07) is 0. The molecule has 0 aromatic heterocycles. The summed E-state index contributed by atoms with van der Waals surface area (Å²) >= 11 is 0. The van der Waals surface area contributed by atoms with E-state index in [1.54, 1.807) is 0 Å². The van der Waals surface area contributed by atoms with Crippen LogP contribution in [-0.4, -0.2) is 17.0 Å². The van der Waals surface area contributed by atoms with Crippen LogP contribution in [0, 0.1) is 17.3 Å². The molecular weight excluding hydrogens is 176 g/mol. The van der Waals surface area contributed by atoms with E-state index in [1.807, 2.05) is 13.8 Å². The van der Waals surface area contributed by atoms with Crippen molar-refractivity contribution < 1.29 is 9.90 Å². The first kappa shape index (κ1) is 11.7. The van der Waals surface area contributed by atoms with Gasteiger partial charge < -0.3 is 5.11 Å². The molecule has 1 rings (SSSR count). The SMILES string of the molecule is CC(C)[C@@H](O)[C@H]1C(=O)CCCC1(C)C. The molecule has 0 aromatic carbocycles. The third-order valence-electron chi connectivity index (χ3n) is 3.46. The Balaban J connectivity index is 2.85. The molecule has 0 saturated heterocycles. The van der Waals surface area contributed by atoms with Crippen molar-refractivity contribution in [3.05, 3.63) is 0 Å². The van der Waals surface area contributed by atoms with Crippen molar-refractivity contribution in [2.24, 2.45) is 17.3 Å². The molecule has 0 radical (unpaired) electrons. The molecule has 0 bridgehead atoms. The van der Waals surface area contributed by atoms with Gasteiger partial charge in [0.05, 0.1) is 6.10 Å². The van der Waals surface area contributed by atoms with E-state index in [2.05, 4.69) is 13.8 Å². The maximum Gasteiger partial charge on any atom is 0.139 e. The number of ketones is 1. The number of hydrogen-bond donors (Lipinski definition) is 1. The average molecular weight is 198 g/mol. The summed E-state index contributed by atoms with van der Waals surface area (Å²) in [6.45, 7) is 8.14. The monoisotopic (exact) mass is 198 g/mol. The summed E-state index contributed by atoms with van der Waals surface area (Å²) in [5.74, 6) is 0.264. The minimum absolute atomic E-state index is 0.0288. The van der Waals surface area contributed by atoms with Crippen LogP contribution in [0.4, 0.5) is 0 Å². The highest BCUT2D eigenvalue weighted by atomic mass is 16.3. The maximum absolute atomic E-state index is 11.8. The lowest BCUT2D eigenvalue weighted by Crippen LogP contribution is -2.45. The van der Waals surface area contributed by atoms with Crippen molar-refractivity contribution in [1.29, 1.82) is 0 Å². The minimum Gasteiger partial charge on any atom is -0.392 e. The predicted octanol–water partition coefficient (Wildman–Crippen LogP) is 2.40. The number of aliphatic hydroxyl groups is 1. The van der Waals surface area contributed by atoms with Gasteiger partial charge in [0.2, 0.25) is 0 Å². The Labute approximate surface area is 86.7 Å². The Morgan fingerprint density at radius 2 is 2.00 bits per heavy atom. The Bertz CT molecular complexity index is 218. The molecule has 0 unspecified atom stereocenters. The third-order valence-corrected chi connectivity index (χ3v) is 3.46. The van der Waals surface area contributed by atoms with Crippen LogP contribution in [0.25, 0.3) is 0 Å². The van der Waals surface area contributed by atoms with Crippen molar-refractivity contribution >= 4 is 5.78 Å². The fourth-order valence-corrected chi connectivity index (χ4v) is 2.50. The molecule has 0 aliphatic heterocycles. The Morgan fingerprint density at radius 3 is 2.43 bits per heavy atom. The fraction of sp³-hybridized carbons (Fsp3) is 0.917. The molecule has 0 heterocycles. The van der Waals surface area contributed by atoms with Gasteiger partial charge in [-0.05, 0) is 24.2 Å². The van der Waals surface area contributed by atoms with E-state index >= 15 is 0 Å². The van der Waals surface area contributed by atoms with Crippen molar-refractivity contribution in [3.63, 3.8) is 0 Å². The molecule has 1 N–H and O–H groups in total. The molecule has 1 saturated carbocycles. The van der Waals surface area contributed by atoms with E-state index in [0.717, 1.165) is 12.8 Å². The Morgan fingerprint density at radius 1 is 1.43 bits per heavy atom. The van der Waals surface area contributed by atoms with Crippen LogP contribution in [0.15, 0.2) is 0 Å². The molecule has 0 aromatic rings. The van der Waals surface area contributed by atoms with Gasteiger partial charge in [0, 0.05) is 12.3 Å². The van der Waals surface area contributed by atoms with Gasteiger partial charge in [-0.25, -0.2) is 0 Å². The fourth-order valence-electron chi connectivity index (χ4n) is 2.50. The zero-order valence-corrected chi connectivity index (χ0v) is 9.71. The lowest BCUT2D eigenvalue weighted by Gasteiger charge is -2.41. The maximum atomic E-state index is 11.8. The van der Waals surface area contributed by atoms with Crippen LogP contribution in [0.2, 0.25) is 0 Å². The van der Waals surface area contributed by atoms with Crippen molar-refractivity contribution in [3.8, 4) is 0 Å². The molecule has 1 fully saturated rings. The molecule has 0 amide bonds. The molecule has 14 heavy (non-hydrogen) atoms. The largest absolute Gasteiger partial charge is 0.392 e. The average Bonchev–Trinajstić information content (AvgIpc) is 2.01. The second-order valence-electron chi connectivity index (χ2n) is 5.52. The molecule has 1 aliphatic carbocycles. The number of carbonyl (C=O) groups excluding carboxylic acids is 1. The summed E-state index contributed by atoms with van der Waals surface area (Å²) in [7, 11) is 0. The van der Waals surface area contributed by atoms with E-state index in [1.165, 1.54) is 0 Å². The van der Waals surface area contributed by atoms with Gasteiger partial charge in [0.25, 0.3) is 0 Å². The van der Waals surface area contributed by atoms with Crippen LogP contribution in [0.5, 0.6) is 0 Å². The Kier molecular flexibility index (Phi) is 3.36. The van der Waals surface area contributed by atoms with Crippen LogP contribution in [0.1, 0.15) is 47.0 Å². The predicted molar refractivity (Wildman–Crippen MR) is 57.0 cm³/mol. The van der Waals surface area contributed by atoms with Crippen LogP contribution in [0.3, 0.4) is 0 Å². The molecule has 1 aliphatic rings. The highest BCUT2D eigenvalue weighted by Gasteiger charge is 2.43. The lowest BCUT2D eigenvalue weighted by atomic mass is 9.64. The van der Waals surface area contributed by atoms with Crippen molar-refractivity contribution in [2.45, 2.75) is 53.1 Å². The van der Waals surface area contributed by atoms with E-state index in [0.29, 0.717) is 6.42 Å². The number of hydrogen-bond acceptors (Lipinski definition) is 2. The number of Topliss-reactive ketones (excluding diaryl/α,β-unsaturated/α-hetero) is 1. The number of carbonyl (C=O) groups is 1. The topological polar surface area (TPSA) is 37.3 Å². The second-order valence-corrected chi connectivity index (χ2v) is 5.52. The summed E-state index contributed by atoms with van der Waals surface area (Å²) in [5.41, 5.74) is -0.0288. The van der Waals surface area contributed by atoms with Gasteiger partial charge in [-0.1, -0.05) is 27.7 Å². The van der Waals surface area contributed by atoms with Crippen LogP contribution < -0.4 is 0 Å². The molecule has 0 spiro atoms. The lowest BCUT2D eigenvalue weighted by molar-refractivity contribution is -0.137. The van der Waals surface area contributed by atoms with E-state index in [9.17, 15) is 9.90 Å². The van der Waals surface area contributed by atoms with Gasteiger partial charge in [0.1, 0.15) is 5.78 Å². The van der Waals surface area contributed by atoms with Crippen molar-refractivity contribution in [1.82, 2.24) is 0 Å².